The topological polar surface area (TPSA) is 69.0 Å². The summed E-state index contributed by atoms with van der Waals surface area (Å²) in [5, 5.41) is 7.18. The molecule has 118 valence electrons. The third-order valence-corrected chi connectivity index (χ3v) is 3.29. The van der Waals surface area contributed by atoms with Crippen LogP contribution in [-0.4, -0.2) is 27.3 Å². The van der Waals surface area contributed by atoms with Crippen LogP contribution in [-0.2, 0) is 11.3 Å². The Morgan fingerprint density at radius 3 is 2.55 bits per heavy atom. The third-order valence-electron chi connectivity index (χ3n) is 3.29. The molecule has 1 N–H and O–H groups in total. The number of ether oxygens (including phenoxy) is 1. The molecule has 0 aliphatic heterocycles. The van der Waals surface area contributed by atoms with E-state index in [1.54, 1.807) is 4.68 Å². The molecule has 6 heteroatoms. The quantitative estimate of drug-likeness (QED) is 0.890. The molecule has 22 heavy (non-hydrogen) atoms. The highest BCUT2D eigenvalue weighted by molar-refractivity contribution is 5.92. The van der Waals surface area contributed by atoms with E-state index in [1.165, 1.54) is 0 Å². The number of hydrogen-bond acceptors (Lipinski definition) is 4. The molecule has 1 amide bonds. The highest BCUT2D eigenvalue weighted by atomic mass is 16.5. The molecule has 1 heterocycles. The number of amides is 1. The standard InChI is InChI=1S/C16H22N4O2/c1-5-22-15-8-6-14(7-9-15)18-16(21)11(2)10-20-13(4)17-12(3)19-20/h6-9,11H,5,10H2,1-4H3,(H,18,21). The molecule has 2 rings (SSSR count). The van der Waals surface area contributed by atoms with E-state index >= 15 is 0 Å². The van der Waals surface area contributed by atoms with Crippen molar-refractivity contribution in [2.75, 3.05) is 11.9 Å². The molecular formula is C16H22N4O2. The van der Waals surface area contributed by atoms with Gasteiger partial charge < -0.3 is 10.1 Å². The molecule has 6 nitrogen and oxygen atoms in total. The number of benzene rings is 1. The van der Waals surface area contributed by atoms with Gasteiger partial charge in [0.05, 0.1) is 19.1 Å². The van der Waals surface area contributed by atoms with E-state index in [-0.39, 0.29) is 11.8 Å². The normalized spacial score (nSPS) is 12.0. The van der Waals surface area contributed by atoms with Gasteiger partial charge >= 0.3 is 0 Å². The highest BCUT2D eigenvalue weighted by Crippen LogP contribution is 2.16. The average Bonchev–Trinajstić information content (AvgIpc) is 2.79. The number of aromatic nitrogens is 3. The summed E-state index contributed by atoms with van der Waals surface area (Å²) in [5.41, 5.74) is 0.756. The van der Waals surface area contributed by atoms with Crippen molar-refractivity contribution >= 4 is 11.6 Å². The molecule has 2 aromatic rings. The molecule has 0 saturated heterocycles. The zero-order valence-electron chi connectivity index (χ0n) is 13.5. The predicted octanol–water partition coefficient (Wildman–Crippen LogP) is 2.57. The summed E-state index contributed by atoms with van der Waals surface area (Å²) in [6, 6.07) is 7.35. The van der Waals surface area contributed by atoms with E-state index in [2.05, 4.69) is 15.4 Å². The SMILES string of the molecule is CCOc1ccc(NC(=O)C(C)Cn2nc(C)nc2C)cc1. The highest BCUT2D eigenvalue weighted by Gasteiger charge is 2.16. The minimum absolute atomic E-state index is 0.0447. The Hall–Kier alpha value is -2.37. The molecule has 0 bridgehead atoms. The van der Waals surface area contributed by atoms with Gasteiger partial charge in [-0.25, -0.2) is 9.67 Å². The summed E-state index contributed by atoms with van der Waals surface area (Å²) in [7, 11) is 0. The first-order valence-electron chi connectivity index (χ1n) is 7.41. The Labute approximate surface area is 130 Å². The van der Waals surface area contributed by atoms with Crippen molar-refractivity contribution in [2.24, 2.45) is 5.92 Å². The Bertz CT molecular complexity index is 634. The van der Waals surface area contributed by atoms with Gasteiger partial charge in [-0.1, -0.05) is 6.92 Å². The third kappa shape index (κ3) is 4.07. The number of rotatable bonds is 6. The zero-order valence-corrected chi connectivity index (χ0v) is 13.5. The number of nitrogens with one attached hydrogen (secondary N) is 1. The minimum Gasteiger partial charge on any atom is -0.494 e. The molecule has 0 aliphatic carbocycles. The van der Waals surface area contributed by atoms with Crippen LogP contribution in [0.3, 0.4) is 0 Å². The first-order chi connectivity index (χ1) is 10.5. The minimum atomic E-state index is -0.202. The van der Waals surface area contributed by atoms with Crippen LogP contribution in [0.2, 0.25) is 0 Å². The summed E-state index contributed by atoms with van der Waals surface area (Å²) < 4.78 is 7.14. The van der Waals surface area contributed by atoms with Gasteiger partial charge in [-0.3, -0.25) is 4.79 Å². The number of aryl methyl sites for hydroxylation is 2. The van der Waals surface area contributed by atoms with E-state index < -0.39 is 0 Å². The number of carbonyl (C=O) groups excluding carboxylic acids is 1. The van der Waals surface area contributed by atoms with E-state index in [9.17, 15) is 4.79 Å². The number of carbonyl (C=O) groups is 1. The summed E-state index contributed by atoms with van der Waals surface area (Å²) in [6.45, 7) is 8.67. The molecule has 0 saturated carbocycles. The largest absolute Gasteiger partial charge is 0.494 e. The Morgan fingerprint density at radius 1 is 1.32 bits per heavy atom. The van der Waals surface area contributed by atoms with Crippen molar-refractivity contribution in [1.29, 1.82) is 0 Å². The smallest absolute Gasteiger partial charge is 0.229 e. The molecule has 0 fully saturated rings. The van der Waals surface area contributed by atoms with Crippen molar-refractivity contribution in [3.05, 3.63) is 35.9 Å². The maximum absolute atomic E-state index is 12.2. The maximum atomic E-state index is 12.2. The predicted molar refractivity (Wildman–Crippen MR) is 84.9 cm³/mol. The molecule has 1 aromatic heterocycles. The van der Waals surface area contributed by atoms with Crippen LogP contribution in [0, 0.1) is 19.8 Å². The molecule has 1 aromatic carbocycles. The van der Waals surface area contributed by atoms with Crippen LogP contribution in [0.15, 0.2) is 24.3 Å². The summed E-state index contributed by atoms with van der Waals surface area (Å²) in [5.74, 6) is 2.08. The molecule has 1 atom stereocenters. The van der Waals surface area contributed by atoms with E-state index in [0.717, 1.165) is 23.1 Å². The van der Waals surface area contributed by atoms with E-state index in [4.69, 9.17) is 4.74 Å². The van der Waals surface area contributed by atoms with Crippen LogP contribution in [0.25, 0.3) is 0 Å². The maximum Gasteiger partial charge on any atom is 0.229 e. The van der Waals surface area contributed by atoms with Crippen molar-refractivity contribution < 1.29 is 9.53 Å². The van der Waals surface area contributed by atoms with Gasteiger partial charge in [0.2, 0.25) is 5.91 Å². The second-order valence-corrected chi connectivity index (χ2v) is 5.24. The zero-order chi connectivity index (χ0) is 16.1. The fourth-order valence-electron chi connectivity index (χ4n) is 2.14. The van der Waals surface area contributed by atoms with Gasteiger partial charge in [0.15, 0.2) is 0 Å². The van der Waals surface area contributed by atoms with E-state index in [0.29, 0.717) is 13.2 Å². The molecule has 1 unspecified atom stereocenters. The lowest BCUT2D eigenvalue weighted by molar-refractivity contribution is -0.119. The lowest BCUT2D eigenvalue weighted by Crippen LogP contribution is -2.25. The first kappa shape index (κ1) is 16.0. The fourth-order valence-corrected chi connectivity index (χ4v) is 2.14. The van der Waals surface area contributed by atoms with Gasteiger partial charge in [-0.2, -0.15) is 5.10 Å². The Balaban J connectivity index is 1.94. The van der Waals surface area contributed by atoms with Gasteiger partial charge in [0, 0.05) is 5.69 Å². The van der Waals surface area contributed by atoms with Crippen molar-refractivity contribution in [1.82, 2.24) is 14.8 Å². The van der Waals surface area contributed by atoms with Gasteiger partial charge in [-0.15, -0.1) is 0 Å². The second kappa shape index (κ2) is 7.06. The fraction of sp³-hybridized carbons (Fsp3) is 0.438. The van der Waals surface area contributed by atoms with Crippen LogP contribution < -0.4 is 10.1 Å². The summed E-state index contributed by atoms with van der Waals surface area (Å²) >= 11 is 0. The number of nitrogens with zero attached hydrogens (tertiary/aromatic N) is 3. The van der Waals surface area contributed by atoms with Crippen LogP contribution in [0.5, 0.6) is 5.75 Å². The van der Waals surface area contributed by atoms with Gasteiger partial charge in [-0.05, 0) is 45.0 Å². The van der Waals surface area contributed by atoms with Crippen LogP contribution in [0.4, 0.5) is 5.69 Å². The molecule has 0 aliphatic rings. The summed E-state index contributed by atoms with van der Waals surface area (Å²) in [6.07, 6.45) is 0. The van der Waals surface area contributed by atoms with Crippen LogP contribution in [0.1, 0.15) is 25.5 Å². The van der Waals surface area contributed by atoms with Crippen molar-refractivity contribution in [2.45, 2.75) is 34.2 Å². The van der Waals surface area contributed by atoms with E-state index in [1.807, 2.05) is 52.0 Å². The molecule has 0 spiro atoms. The molecular weight excluding hydrogens is 280 g/mol. The average molecular weight is 302 g/mol. The van der Waals surface area contributed by atoms with Crippen molar-refractivity contribution in [3.8, 4) is 5.75 Å². The second-order valence-electron chi connectivity index (χ2n) is 5.24. The summed E-state index contributed by atoms with van der Waals surface area (Å²) in [4.78, 5) is 16.5. The van der Waals surface area contributed by atoms with Gasteiger partial charge in [0.25, 0.3) is 0 Å². The van der Waals surface area contributed by atoms with Gasteiger partial charge in [0.1, 0.15) is 17.4 Å². The molecule has 0 radical (unpaired) electrons. The number of anilines is 1. The Morgan fingerprint density at radius 2 is 2.00 bits per heavy atom. The number of hydrogen-bond donors (Lipinski definition) is 1. The lowest BCUT2D eigenvalue weighted by Gasteiger charge is -2.13. The van der Waals surface area contributed by atoms with Crippen molar-refractivity contribution in [3.63, 3.8) is 0 Å². The van der Waals surface area contributed by atoms with Crippen LogP contribution >= 0.6 is 0 Å². The first-order valence-corrected chi connectivity index (χ1v) is 7.41. The lowest BCUT2D eigenvalue weighted by atomic mass is 10.1. The monoisotopic (exact) mass is 302 g/mol. The Kier molecular flexibility index (Phi) is 5.14.